The molecule has 0 unspecified atom stereocenters. The van der Waals surface area contributed by atoms with Crippen LogP contribution < -0.4 is 11.1 Å². The van der Waals surface area contributed by atoms with E-state index in [-0.39, 0.29) is 20.9 Å². The van der Waals surface area contributed by atoms with Crippen LogP contribution in [-0.4, -0.2) is 27.2 Å². The van der Waals surface area contributed by atoms with Crippen LogP contribution in [0.1, 0.15) is 41.5 Å². The molecule has 0 amide bonds. The second kappa shape index (κ2) is 10.5. The molecule has 0 bridgehead atoms. The Kier molecular flexibility index (Phi) is 6.42. The van der Waals surface area contributed by atoms with Crippen LogP contribution in [0, 0.1) is 0 Å². The molecule has 51 heavy (non-hydrogen) atoms. The average Bonchev–Trinajstić information content (AvgIpc) is 3.83. The number of sulfone groups is 1. The molecule has 12 rings (SSSR count). The molecule has 0 saturated carbocycles. The molecule has 0 aliphatic carbocycles. The Morgan fingerprint density at radius 3 is 1.24 bits per heavy atom. The van der Waals surface area contributed by atoms with Gasteiger partial charge < -0.3 is 0 Å². The maximum absolute atomic E-state index is 14.5. The zero-order chi connectivity index (χ0) is 35.7. The van der Waals surface area contributed by atoms with E-state index in [0.29, 0.717) is 65.7 Å². The van der Waals surface area contributed by atoms with E-state index in [4.69, 9.17) is 9.97 Å². The molecule has 4 aromatic heterocycles. The number of rotatable bonds is 0. The fraction of sp³-hybridized carbons (Fsp3) is 0.143. The van der Waals surface area contributed by atoms with Crippen LogP contribution in [0.2, 0.25) is 0 Å². The van der Waals surface area contributed by atoms with Crippen molar-refractivity contribution in [2.24, 2.45) is 0 Å². The van der Waals surface area contributed by atoms with E-state index in [1.807, 2.05) is 114 Å². The molecule has 8 nitrogen and oxygen atoms in total. The zero-order valence-electron chi connectivity index (χ0n) is 28.9. The Hall–Kier alpha value is -5.93. The summed E-state index contributed by atoms with van der Waals surface area (Å²) in [4.78, 5) is 38.4. The van der Waals surface area contributed by atoms with Crippen LogP contribution in [0.25, 0.3) is 98.0 Å². The third-order valence-corrected chi connectivity index (χ3v) is 11.9. The van der Waals surface area contributed by atoms with Gasteiger partial charge in [-0.15, -0.1) is 0 Å². The highest BCUT2D eigenvalue weighted by Crippen LogP contribution is 2.53. The number of hydrogen-bond donors (Lipinski definition) is 0. The van der Waals surface area contributed by atoms with Crippen LogP contribution >= 0.6 is 0 Å². The van der Waals surface area contributed by atoms with Crippen molar-refractivity contribution >= 4 is 108 Å². The van der Waals surface area contributed by atoms with Gasteiger partial charge in [0.1, 0.15) is 11.3 Å². The number of benzene rings is 7. The van der Waals surface area contributed by atoms with E-state index < -0.39 is 9.84 Å². The minimum atomic E-state index is -4.08. The molecule has 9 heteroatoms. The van der Waals surface area contributed by atoms with Gasteiger partial charge in [0, 0.05) is 43.1 Å². The van der Waals surface area contributed by atoms with Crippen molar-refractivity contribution in [3.8, 4) is 0 Å². The summed E-state index contributed by atoms with van der Waals surface area (Å²) in [5.74, 6) is 0. The topological polar surface area (TPSA) is 103 Å². The molecular formula is C42H32N4O4S. The lowest BCUT2D eigenvalue weighted by Crippen LogP contribution is -2.14. The first-order valence-electron chi connectivity index (χ1n) is 17.5. The normalized spacial score (nSPS) is 13.4. The summed E-state index contributed by atoms with van der Waals surface area (Å²) in [5, 5.41) is 7.96. The Bertz CT molecular complexity index is 3270. The molecule has 1 aliphatic rings. The Morgan fingerprint density at radius 2 is 0.824 bits per heavy atom. The molecule has 11 aromatic rings. The summed E-state index contributed by atoms with van der Waals surface area (Å²) in [7, 11) is -4.08. The second-order valence-corrected chi connectivity index (χ2v) is 13.9. The number of hydrogen-bond acceptors (Lipinski definition) is 6. The number of nitrogens with zero attached hydrogens (tertiary/aromatic N) is 4. The third-order valence-electron chi connectivity index (χ3n) is 10.1. The van der Waals surface area contributed by atoms with Gasteiger partial charge in [-0.25, -0.2) is 18.4 Å². The van der Waals surface area contributed by atoms with E-state index in [9.17, 15) is 18.0 Å². The Morgan fingerprint density at radius 1 is 0.451 bits per heavy atom. The van der Waals surface area contributed by atoms with Crippen LogP contribution in [-0.2, 0) is 9.84 Å². The van der Waals surface area contributed by atoms with Crippen molar-refractivity contribution in [3.05, 3.63) is 106 Å². The lowest BCUT2D eigenvalue weighted by molar-refractivity contribution is 0.599. The molecule has 0 atom stereocenters. The van der Waals surface area contributed by atoms with Gasteiger partial charge in [-0.2, -0.15) is 0 Å². The summed E-state index contributed by atoms with van der Waals surface area (Å²) in [6.45, 7) is 12.0. The molecule has 0 spiro atoms. The Balaban J connectivity index is 0.000000554. The van der Waals surface area contributed by atoms with Crippen molar-refractivity contribution in [1.82, 2.24) is 18.8 Å². The minimum absolute atomic E-state index is 0.101. The summed E-state index contributed by atoms with van der Waals surface area (Å²) >= 11 is 0. The van der Waals surface area contributed by atoms with Crippen molar-refractivity contribution in [3.63, 3.8) is 0 Å². The molecule has 0 radical (unpaired) electrons. The molecule has 7 aromatic carbocycles. The lowest BCUT2D eigenvalue weighted by Gasteiger charge is -2.17. The molecule has 0 fully saturated rings. The van der Waals surface area contributed by atoms with Gasteiger partial charge in [-0.1, -0.05) is 77.9 Å². The van der Waals surface area contributed by atoms with E-state index in [2.05, 4.69) is 0 Å². The maximum atomic E-state index is 14.5. The number of fused-ring (bicyclic) bond motifs is 9. The number of aromatic nitrogens is 4. The number of imidazole rings is 2. The highest BCUT2D eigenvalue weighted by atomic mass is 32.2. The standard InChI is InChI=1S/C36H14N4O4S.3C2H6/c41-35-19-13-25-31-29-15(9-11-17(27(19)29)33-37-21-5-1-3-7-23(21)39(33)35)16-10-12-18-28-20(14-26(45(25,43)44)32(31)30(16)28)36(42)40-24-8-4-2-6-22(24)38-34(18)40;3*1-2/h1-14H;3*1-2H3. The quantitative estimate of drug-likeness (QED) is 0.116. The van der Waals surface area contributed by atoms with E-state index in [0.717, 1.165) is 32.3 Å². The van der Waals surface area contributed by atoms with Crippen molar-refractivity contribution < 1.29 is 8.42 Å². The van der Waals surface area contributed by atoms with E-state index in [1.54, 1.807) is 20.9 Å². The third kappa shape index (κ3) is 3.46. The maximum Gasteiger partial charge on any atom is 0.264 e. The summed E-state index contributed by atoms with van der Waals surface area (Å²) in [6.07, 6.45) is 0. The monoisotopic (exact) mass is 688 g/mol. The van der Waals surface area contributed by atoms with Crippen molar-refractivity contribution in [2.45, 2.75) is 51.3 Å². The van der Waals surface area contributed by atoms with Gasteiger partial charge in [0.25, 0.3) is 11.1 Å². The summed E-state index contributed by atoms with van der Waals surface area (Å²) in [6, 6.07) is 26.0. The average molecular weight is 689 g/mol. The van der Waals surface area contributed by atoms with Gasteiger partial charge in [0.05, 0.1) is 42.6 Å². The smallest absolute Gasteiger partial charge is 0.264 e. The van der Waals surface area contributed by atoms with Gasteiger partial charge >= 0.3 is 0 Å². The number of pyridine rings is 2. The molecule has 5 heterocycles. The van der Waals surface area contributed by atoms with Gasteiger partial charge in [0.2, 0.25) is 9.84 Å². The van der Waals surface area contributed by atoms with Gasteiger partial charge in [-0.3, -0.25) is 18.4 Å². The highest BCUT2D eigenvalue weighted by molar-refractivity contribution is 7.92. The fourth-order valence-electron chi connectivity index (χ4n) is 8.34. The van der Waals surface area contributed by atoms with E-state index >= 15 is 0 Å². The summed E-state index contributed by atoms with van der Waals surface area (Å²) < 4.78 is 32.2. The first-order chi connectivity index (χ1) is 24.9. The largest absolute Gasteiger partial charge is 0.268 e. The van der Waals surface area contributed by atoms with Gasteiger partial charge in [0.15, 0.2) is 0 Å². The van der Waals surface area contributed by atoms with Crippen LogP contribution in [0.5, 0.6) is 0 Å². The molecular weight excluding hydrogens is 657 g/mol. The van der Waals surface area contributed by atoms with Crippen LogP contribution in [0.15, 0.2) is 104 Å². The predicted octanol–water partition coefficient (Wildman–Crippen LogP) is 9.47. The first kappa shape index (κ1) is 31.1. The first-order valence-corrected chi connectivity index (χ1v) is 19.0. The number of para-hydroxylation sites is 4. The molecule has 0 saturated heterocycles. The van der Waals surface area contributed by atoms with Crippen molar-refractivity contribution in [2.75, 3.05) is 0 Å². The van der Waals surface area contributed by atoms with Gasteiger partial charge in [-0.05, 0) is 59.3 Å². The summed E-state index contributed by atoms with van der Waals surface area (Å²) in [5.41, 5.74) is 3.20. The van der Waals surface area contributed by atoms with Crippen LogP contribution in [0.4, 0.5) is 0 Å². The zero-order valence-corrected chi connectivity index (χ0v) is 29.7. The SMILES string of the molecule is CC.CC.CC.O=c1c2cc3c4c5c(cc6c(=O)n7c8ccccc8nc7c7ccc(c8ccc(c2c84)c2nc4ccccc4n12)c5c67)S3(=O)=O. The molecule has 0 N–H and O–H groups in total. The van der Waals surface area contributed by atoms with Crippen molar-refractivity contribution in [1.29, 1.82) is 0 Å². The second-order valence-electron chi connectivity index (χ2n) is 12.0. The molecule has 250 valence electrons. The lowest BCUT2D eigenvalue weighted by atomic mass is 9.86. The fourth-order valence-corrected chi connectivity index (χ4v) is 10.1. The molecule has 1 aliphatic heterocycles. The van der Waals surface area contributed by atoms with Crippen LogP contribution in [0.3, 0.4) is 0 Å². The van der Waals surface area contributed by atoms with E-state index in [1.165, 1.54) is 0 Å². The minimum Gasteiger partial charge on any atom is -0.268 e. The predicted molar refractivity (Wildman–Crippen MR) is 210 cm³/mol. The highest BCUT2D eigenvalue weighted by Gasteiger charge is 2.37. The Labute approximate surface area is 291 Å².